The lowest BCUT2D eigenvalue weighted by Crippen LogP contribution is -2.58. The summed E-state index contributed by atoms with van der Waals surface area (Å²) in [6.07, 6.45) is -1.70. The van der Waals surface area contributed by atoms with E-state index in [-0.39, 0.29) is 19.4 Å². The Morgan fingerprint density at radius 2 is 1.07 bits per heavy atom. The van der Waals surface area contributed by atoms with Gasteiger partial charge in [-0.2, -0.15) is 0 Å². The van der Waals surface area contributed by atoms with Gasteiger partial charge >= 0.3 is 11.9 Å². The topological polar surface area (TPSA) is 292 Å². The molecule has 0 saturated carbocycles. The summed E-state index contributed by atoms with van der Waals surface area (Å²) in [5.41, 5.74) is 5.14. The van der Waals surface area contributed by atoms with E-state index in [1.54, 1.807) is 0 Å². The molecular formula is C23H37N7O11. The van der Waals surface area contributed by atoms with Crippen molar-refractivity contribution in [3.8, 4) is 0 Å². The minimum absolute atomic E-state index is 0.331. The largest absolute Gasteiger partial charge is 0.481 e. The third-order valence-electron chi connectivity index (χ3n) is 5.34. The van der Waals surface area contributed by atoms with Gasteiger partial charge in [-0.15, -0.1) is 0 Å². The monoisotopic (exact) mass is 587 g/mol. The highest BCUT2D eigenvalue weighted by Gasteiger charge is 2.30. The fourth-order valence-corrected chi connectivity index (χ4v) is 3.00. The van der Waals surface area contributed by atoms with Gasteiger partial charge in [0.1, 0.15) is 30.2 Å². The lowest BCUT2D eigenvalue weighted by Gasteiger charge is -2.25. The standard InChI is InChI=1S/C23H37N7O11/c1-10(26-17(33)9-25-13(4)31)19(36)27-11(2)20(37)29-14(5-7-16(24)32)22(39)30-15(6-8-18(34)35)21(38)28-12(3)23(40)41/h10-12,14-15H,5-9H2,1-4H3,(H2,24,32)(H,25,31)(H,26,33)(H,27,36)(H,28,38)(H,29,37)(H,30,39)(H,34,35)(H,40,41)/t10-,11-,12-,14-,15-/m0/s1. The summed E-state index contributed by atoms with van der Waals surface area (Å²) in [4.78, 5) is 107. The maximum atomic E-state index is 13.0. The van der Waals surface area contributed by atoms with Gasteiger partial charge in [0.05, 0.1) is 6.54 Å². The highest BCUT2D eigenvalue weighted by Crippen LogP contribution is 2.04. The first kappa shape index (κ1) is 36.2. The molecular weight excluding hydrogens is 550 g/mol. The Bertz CT molecular complexity index is 1030. The molecule has 0 rings (SSSR count). The number of carbonyl (C=O) groups excluding carboxylic acids is 7. The molecule has 230 valence electrons. The Kier molecular flexibility index (Phi) is 15.7. The summed E-state index contributed by atoms with van der Waals surface area (Å²) < 4.78 is 0. The van der Waals surface area contributed by atoms with Crippen LogP contribution in [0.1, 0.15) is 53.4 Å². The molecule has 0 aliphatic rings. The molecule has 0 fully saturated rings. The molecule has 0 aliphatic carbocycles. The first-order valence-corrected chi connectivity index (χ1v) is 12.4. The molecule has 0 bridgehead atoms. The number of hydrogen-bond donors (Lipinski definition) is 9. The van der Waals surface area contributed by atoms with Crippen LogP contribution in [-0.2, 0) is 43.2 Å². The second-order valence-corrected chi connectivity index (χ2v) is 9.06. The lowest BCUT2D eigenvalue weighted by molar-refractivity contribution is -0.142. The van der Waals surface area contributed by atoms with E-state index in [1.807, 2.05) is 0 Å². The molecule has 0 unspecified atom stereocenters. The summed E-state index contributed by atoms with van der Waals surface area (Å²) in [5, 5.41) is 31.5. The summed E-state index contributed by atoms with van der Waals surface area (Å²) in [6.45, 7) is 4.56. The summed E-state index contributed by atoms with van der Waals surface area (Å²) in [5.74, 6) is -8.31. The first-order chi connectivity index (χ1) is 18.9. The van der Waals surface area contributed by atoms with Gasteiger partial charge in [-0.1, -0.05) is 0 Å². The van der Waals surface area contributed by atoms with Crippen LogP contribution in [0.25, 0.3) is 0 Å². The quantitative estimate of drug-likeness (QED) is 0.0741. The first-order valence-electron chi connectivity index (χ1n) is 12.4. The van der Waals surface area contributed by atoms with Crippen LogP contribution in [0.5, 0.6) is 0 Å². The summed E-state index contributed by atoms with van der Waals surface area (Å²) in [7, 11) is 0. The Balaban J connectivity index is 5.48. The molecule has 0 aromatic carbocycles. The van der Waals surface area contributed by atoms with Gasteiger partial charge in [-0.25, -0.2) is 0 Å². The predicted octanol–water partition coefficient (Wildman–Crippen LogP) is -4.18. The zero-order valence-electron chi connectivity index (χ0n) is 23.1. The molecule has 0 spiro atoms. The van der Waals surface area contributed by atoms with E-state index in [1.165, 1.54) is 20.8 Å². The number of carbonyl (C=O) groups is 9. The SMILES string of the molecule is CC(=O)NCC(=O)N[C@@H](C)C(=O)N[C@@H](C)C(=O)N[C@@H](CCC(N)=O)C(=O)N[C@@H](CCC(=O)O)C(=O)N[C@@H](C)C(=O)O. The fraction of sp³-hybridized carbons (Fsp3) is 0.609. The molecule has 0 aromatic heterocycles. The van der Waals surface area contributed by atoms with Crippen LogP contribution in [-0.4, -0.2) is 100 Å². The molecule has 0 saturated heterocycles. The average molecular weight is 588 g/mol. The minimum atomic E-state index is -1.51. The number of nitrogens with two attached hydrogens (primary N) is 1. The molecule has 18 nitrogen and oxygen atoms in total. The van der Waals surface area contributed by atoms with Crippen LogP contribution >= 0.6 is 0 Å². The van der Waals surface area contributed by atoms with E-state index in [9.17, 15) is 43.2 Å². The van der Waals surface area contributed by atoms with Crippen molar-refractivity contribution in [1.82, 2.24) is 31.9 Å². The van der Waals surface area contributed by atoms with E-state index in [0.29, 0.717) is 0 Å². The van der Waals surface area contributed by atoms with E-state index in [4.69, 9.17) is 15.9 Å². The predicted molar refractivity (Wildman–Crippen MR) is 138 cm³/mol. The number of primary amides is 1. The van der Waals surface area contributed by atoms with Crippen molar-refractivity contribution in [1.29, 1.82) is 0 Å². The molecule has 18 heteroatoms. The molecule has 41 heavy (non-hydrogen) atoms. The van der Waals surface area contributed by atoms with Gasteiger partial charge in [0, 0.05) is 19.8 Å². The summed E-state index contributed by atoms with van der Waals surface area (Å²) in [6, 6.07) is -6.71. The van der Waals surface area contributed by atoms with Crippen LogP contribution in [0, 0.1) is 0 Å². The van der Waals surface area contributed by atoms with Crippen molar-refractivity contribution in [3.63, 3.8) is 0 Å². The van der Waals surface area contributed by atoms with Gasteiger partial charge in [-0.05, 0) is 33.6 Å². The van der Waals surface area contributed by atoms with Gasteiger partial charge in [0.25, 0.3) is 0 Å². The number of aliphatic carboxylic acids is 2. The normalized spacial score (nSPS) is 14.0. The second-order valence-electron chi connectivity index (χ2n) is 9.06. The maximum absolute atomic E-state index is 13.0. The number of carboxylic acid groups (broad SMARTS) is 2. The van der Waals surface area contributed by atoms with Crippen LogP contribution in [0.4, 0.5) is 0 Å². The van der Waals surface area contributed by atoms with E-state index >= 15 is 0 Å². The molecule has 0 aromatic rings. The Hall–Kier alpha value is -4.77. The highest BCUT2D eigenvalue weighted by atomic mass is 16.4. The molecule has 7 amide bonds. The maximum Gasteiger partial charge on any atom is 0.325 e. The van der Waals surface area contributed by atoms with Crippen molar-refractivity contribution in [2.45, 2.75) is 83.6 Å². The van der Waals surface area contributed by atoms with Gasteiger partial charge in [0.15, 0.2) is 0 Å². The van der Waals surface area contributed by atoms with Gasteiger partial charge < -0.3 is 47.8 Å². The zero-order chi connectivity index (χ0) is 31.9. The van der Waals surface area contributed by atoms with Crippen molar-refractivity contribution in [2.24, 2.45) is 5.73 Å². The number of rotatable bonds is 18. The van der Waals surface area contributed by atoms with Crippen LogP contribution in [0.2, 0.25) is 0 Å². The van der Waals surface area contributed by atoms with Crippen LogP contribution < -0.4 is 37.6 Å². The fourth-order valence-electron chi connectivity index (χ4n) is 3.00. The van der Waals surface area contributed by atoms with Crippen molar-refractivity contribution >= 4 is 53.3 Å². The van der Waals surface area contributed by atoms with E-state index < -0.39 is 96.3 Å². The summed E-state index contributed by atoms with van der Waals surface area (Å²) >= 11 is 0. The Labute approximate surface area is 234 Å². The van der Waals surface area contributed by atoms with Crippen molar-refractivity contribution in [3.05, 3.63) is 0 Å². The van der Waals surface area contributed by atoms with Crippen molar-refractivity contribution < 1.29 is 53.4 Å². The zero-order valence-corrected chi connectivity index (χ0v) is 23.1. The lowest BCUT2D eigenvalue weighted by atomic mass is 10.1. The molecule has 5 atom stereocenters. The molecule has 0 radical (unpaired) electrons. The number of hydrogen-bond acceptors (Lipinski definition) is 9. The second kappa shape index (κ2) is 17.7. The third kappa shape index (κ3) is 15.4. The van der Waals surface area contributed by atoms with Crippen LogP contribution in [0.3, 0.4) is 0 Å². The average Bonchev–Trinajstić information content (AvgIpc) is 2.86. The molecule has 0 heterocycles. The minimum Gasteiger partial charge on any atom is -0.481 e. The van der Waals surface area contributed by atoms with E-state index in [0.717, 1.165) is 6.92 Å². The van der Waals surface area contributed by atoms with Gasteiger partial charge in [-0.3, -0.25) is 43.2 Å². The molecule has 0 aliphatic heterocycles. The smallest absolute Gasteiger partial charge is 0.325 e. The Morgan fingerprint density at radius 1 is 0.634 bits per heavy atom. The van der Waals surface area contributed by atoms with Crippen LogP contribution in [0.15, 0.2) is 0 Å². The molecule has 10 N–H and O–H groups in total. The number of carboxylic acids is 2. The Morgan fingerprint density at radius 3 is 1.56 bits per heavy atom. The highest BCUT2D eigenvalue weighted by molar-refractivity contribution is 5.96. The van der Waals surface area contributed by atoms with E-state index in [2.05, 4.69) is 31.9 Å². The number of nitrogens with one attached hydrogen (secondary N) is 6. The van der Waals surface area contributed by atoms with Crippen molar-refractivity contribution in [2.75, 3.05) is 6.54 Å². The third-order valence-corrected chi connectivity index (χ3v) is 5.34. The number of amides is 7. The van der Waals surface area contributed by atoms with Gasteiger partial charge in [0.2, 0.25) is 41.4 Å².